The zero-order valence-corrected chi connectivity index (χ0v) is 22.6. The average molecular weight is 502 g/mol. The van der Waals surface area contributed by atoms with Crippen molar-refractivity contribution in [2.75, 3.05) is 17.1 Å². The second kappa shape index (κ2) is 12.2. The van der Waals surface area contributed by atoms with E-state index in [1.54, 1.807) is 29.2 Å². The number of carbonyl (C=O) groups is 2. The summed E-state index contributed by atoms with van der Waals surface area (Å²) >= 11 is 0. The first-order chi connectivity index (χ1) is 16.3. The van der Waals surface area contributed by atoms with Gasteiger partial charge in [-0.2, -0.15) is 0 Å². The van der Waals surface area contributed by atoms with Crippen LogP contribution in [0.5, 0.6) is 0 Å². The van der Waals surface area contributed by atoms with Gasteiger partial charge in [-0.25, -0.2) is 8.42 Å². The maximum absolute atomic E-state index is 13.4. The van der Waals surface area contributed by atoms with Crippen LogP contribution in [0, 0.1) is 6.92 Å². The van der Waals surface area contributed by atoms with E-state index in [9.17, 15) is 18.0 Å². The molecule has 0 radical (unpaired) electrons. The molecule has 8 heteroatoms. The molecule has 2 rings (SSSR count). The summed E-state index contributed by atoms with van der Waals surface area (Å²) in [5, 5.41) is 3.00. The Bertz CT molecular complexity index is 1080. The highest BCUT2D eigenvalue weighted by molar-refractivity contribution is 7.92. The third-order valence-electron chi connectivity index (χ3n) is 5.55. The maximum atomic E-state index is 13.4. The number of carbonyl (C=O) groups excluding carboxylic acids is 2. The molecule has 192 valence electrons. The maximum Gasteiger partial charge on any atom is 0.243 e. The largest absolute Gasteiger partial charge is 0.350 e. The number of benzene rings is 2. The summed E-state index contributed by atoms with van der Waals surface area (Å²) in [6, 6.07) is 16.1. The molecule has 1 unspecified atom stereocenters. The second-order valence-corrected chi connectivity index (χ2v) is 11.9. The summed E-state index contributed by atoms with van der Waals surface area (Å²) in [5.41, 5.74) is 2.20. The van der Waals surface area contributed by atoms with E-state index < -0.39 is 21.6 Å². The van der Waals surface area contributed by atoms with Crippen molar-refractivity contribution >= 4 is 27.5 Å². The monoisotopic (exact) mass is 501 g/mol. The fraction of sp³-hybridized carbons (Fsp3) is 0.481. The first kappa shape index (κ1) is 28.4. The van der Waals surface area contributed by atoms with Crippen LogP contribution in [-0.2, 0) is 26.2 Å². The van der Waals surface area contributed by atoms with Gasteiger partial charge in [-0.1, -0.05) is 55.0 Å². The van der Waals surface area contributed by atoms with Crippen LogP contribution in [0.2, 0.25) is 0 Å². The summed E-state index contributed by atoms with van der Waals surface area (Å²) < 4.78 is 26.0. The molecule has 0 spiro atoms. The first-order valence-electron chi connectivity index (χ1n) is 12.0. The first-order valence-corrected chi connectivity index (χ1v) is 13.9. The molecule has 0 saturated heterocycles. The number of nitrogens with one attached hydrogen (secondary N) is 1. The lowest BCUT2D eigenvalue weighted by Gasteiger charge is -2.33. The lowest BCUT2D eigenvalue weighted by atomic mass is 10.0. The number of hydrogen-bond donors (Lipinski definition) is 1. The Hall–Kier alpha value is -2.87. The van der Waals surface area contributed by atoms with Crippen molar-refractivity contribution < 1.29 is 18.0 Å². The number of amides is 2. The minimum Gasteiger partial charge on any atom is -0.350 e. The molecule has 35 heavy (non-hydrogen) atoms. The normalized spacial score (nSPS) is 12.6. The van der Waals surface area contributed by atoms with E-state index in [1.165, 1.54) is 4.31 Å². The summed E-state index contributed by atoms with van der Waals surface area (Å²) in [5.74, 6) is -0.370. The molecule has 0 aromatic heterocycles. The number of aryl methyl sites for hydroxylation is 1. The van der Waals surface area contributed by atoms with Gasteiger partial charge >= 0.3 is 0 Å². The number of sulfonamides is 1. The molecule has 0 saturated carbocycles. The number of anilines is 1. The standard InChI is InChI=1S/C27H39N3O4S/c1-7-24(26(32)28-27(3,4)5)29(20-22-17-15-21(2)16-18-22)25(31)14-11-19-30(35(6,33)34)23-12-9-8-10-13-23/h8-10,12-13,15-18,24H,7,11,14,19-20H2,1-6H3,(H,28,32). The van der Waals surface area contributed by atoms with Gasteiger partial charge in [0.15, 0.2) is 0 Å². The molecule has 0 aliphatic rings. The number of para-hydroxylation sites is 1. The summed E-state index contributed by atoms with van der Waals surface area (Å²) in [4.78, 5) is 28.1. The van der Waals surface area contributed by atoms with E-state index in [0.29, 0.717) is 25.1 Å². The summed E-state index contributed by atoms with van der Waals surface area (Å²) in [6.45, 7) is 10.1. The Balaban J connectivity index is 2.21. The third-order valence-corrected chi connectivity index (χ3v) is 6.75. The van der Waals surface area contributed by atoms with Crippen LogP contribution < -0.4 is 9.62 Å². The SMILES string of the molecule is CCC(C(=O)NC(C)(C)C)N(Cc1ccc(C)cc1)C(=O)CCCN(c1ccccc1)S(C)(=O)=O. The molecule has 2 aromatic carbocycles. The van der Waals surface area contributed by atoms with Gasteiger partial charge in [0.05, 0.1) is 11.9 Å². The molecule has 2 aromatic rings. The number of rotatable bonds is 11. The van der Waals surface area contributed by atoms with Crippen molar-refractivity contribution in [3.8, 4) is 0 Å². The molecule has 0 aliphatic heterocycles. The molecule has 0 aliphatic carbocycles. The highest BCUT2D eigenvalue weighted by Crippen LogP contribution is 2.19. The topological polar surface area (TPSA) is 86.8 Å². The molecule has 7 nitrogen and oxygen atoms in total. The Morgan fingerprint density at radius 2 is 1.60 bits per heavy atom. The van der Waals surface area contributed by atoms with Crippen LogP contribution in [0.15, 0.2) is 54.6 Å². The van der Waals surface area contributed by atoms with Crippen molar-refractivity contribution in [2.24, 2.45) is 0 Å². The van der Waals surface area contributed by atoms with Crippen molar-refractivity contribution in [1.29, 1.82) is 0 Å². The molecule has 1 atom stereocenters. The summed E-state index contributed by atoms with van der Waals surface area (Å²) in [7, 11) is -3.50. The van der Waals surface area contributed by atoms with Gasteiger partial charge in [-0.05, 0) is 58.2 Å². The van der Waals surface area contributed by atoms with E-state index >= 15 is 0 Å². The molecule has 0 heterocycles. The van der Waals surface area contributed by atoms with Crippen molar-refractivity contribution in [3.63, 3.8) is 0 Å². The van der Waals surface area contributed by atoms with E-state index in [4.69, 9.17) is 0 Å². The van der Waals surface area contributed by atoms with Gasteiger partial charge < -0.3 is 10.2 Å². The van der Waals surface area contributed by atoms with Crippen LogP contribution in [0.25, 0.3) is 0 Å². The molecule has 0 bridgehead atoms. The van der Waals surface area contributed by atoms with Gasteiger partial charge in [-0.15, -0.1) is 0 Å². The number of nitrogens with zero attached hydrogens (tertiary/aromatic N) is 2. The van der Waals surface area contributed by atoms with E-state index in [0.717, 1.165) is 17.4 Å². The van der Waals surface area contributed by atoms with Gasteiger partial charge in [-0.3, -0.25) is 13.9 Å². The van der Waals surface area contributed by atoms with Crippen LogP contribution in [0.1, 0.15) is 58.1 Å². The van der Waals surface area contributed by atoms with Crippen LogP contribution in [0.3, 0.4) is 0 Å². The Morgan fingerprint density at radius 3 is 2.11 bits per heavy atom. The quantitative estimate of drug-likeness (QED) is 0.498. The Morgan fingerprint density at radius 1 is 1.00 bits per heavy atom. The van der Waals surface area contributed by atoms with Crippen molar-refractivity contribution in [1.82, 2.24) is 10.2 Å². The van der Waals surface area contributed by atoms with E-state index in [2.05, 4.69) is 5.32 Å². The lowest BCUT2D eigenvalue weighted by Crippen LogP contribution is -2.53. The fourth-order valence-electron chi connectivity index (χ4n) is 3.86. The fourth-order valence-corrected chi connectivity index (χ4v) is 4.83. The van der Waals surface area contributed by atoms with Gasteiger partial charge in [0.2, 0.25) is 21.8 Å². The van der Waals surface area contributed by atoms with Gasteiger partial charge in [0.1, 0.15) is 6.04 Å². The van der Waals surface area contributed by atoms with Gasteiger partial charge in [0, 0.05) is 25.0 Å². The minimum atomic E-state index is -3.50. The Labute approximate surface area is 210 Å². The van der Waals surface area contributed by atoms with Crippen molar-refractivity contribution in [2.45, 2.75) is 72.0 Å². The molecule has 0 fully saturated rings. The molecule has 1 N–H and O–H groups in total. The average Bonchev–Trinajstić information content (AvgIpc) is 2.76. The van der Waals surface area contributed by atoms with Crippen LogP contribution in [-0.4, -0.2) is 49.5 Å². The molecular formula is C27H39N3O4S. The predicted octanol–water partition coefficient (Wildman–Crippen LogP) is 4.26. The number of hydrogen-bond acceptors (Lipinski definition) is 4. The van der Waals surface area contributed by atoms with Gasteiger partial charge in [0.25, 0.3) is 0 Å². The van der Waals surface area contributed by atoms with E-state index in [1.807, 2.05) is 65.0 Å². The highest BCUT2D eigenvalue weighted by atomic mass is 32.2. The lowest BCUT2D eigenvalue weighted by molar-refractivity contribution is -0.142. The molecule has 2 amide bonds. The predicted molar refractivity (Wildman–Crippen MR) is 142 cm³/mol. The van der Waals surface area contributed by atoms with Crippen molar-refractivity contribution in [3.05, 3.63) is 65.7 Å². The third kappa shape index (κ3) is 9.02. The summed E-state index contributed by atoms with van der Waals surface area (Å²) in [6.07, 6.45) is 2.10. The highest BCUT2D eigenvalue weighted by Gasteiger charge is 2.30. The Kier molecular flexibility index (Phi) is 9.89. The van der Waals surface area contributed by atoms with E-state index in [-0.39, 0.29) is 24.8 Å². The zero-order chi connectivity index (χ0) is 26.2. The second-order valence-electron chi connectivity index (χ2n) is 9.94. The smallest absolute Gasteiger partial charge is 0.243 e. The van der Waals surface area contributed by atoms with Crippen LogP contribution in [0.4, 0.5) is 5.69 Å². The van der Waals surface area contributed by atoms with Crippen LogP contribution >= 0.6 is 0 Å². The zero-order valence-electron chi connectivity index (χ0n) is 21.7. The minimum absolute atomic E-state index is 0.129. The molecular weight excluding hydrogens is 462 g/mol.